The third-order valence-electron chi connectivity index (χ3n) is 4.82. The molecule has 2 atom stereocenters. The Morgan fingerprint density at radius 3 is 2.43 bits per heavy atom. The standard InChI is InChI=1S/C16H20N2O4S/c17-13(19)12-10-6-3-7-11(10)23-15(12)18-14(20)8-4-1-2-5-9(8)16(21)22/h8-9H,1-7H2,(H2,17,19)(H,18,20)(H,21,22). The van der Waals surface area contributed by atoms with Crippen molar-refractivity contribution in [2.45, 2.75) is 44.9 Å². The highest BCUT2D eigenvalue weighted by Crippen LogP contribution is 2.40. The molecule has 0 saturated heterocycles. The van der Waals surface area contributed by atoms with Gasteiger partial charge in [0.05, 0.1) is 17.4 Å². The Balaban J connectivity index is 1.83. The van der Waals surface area contributed by atoms with Gasteiger partial charge in [-0.25, -0.2) is 0 Å². The van der Waals surface area contributed by atoms with Gasteiger partial charge in [0.15, 0.2) is 0 Å². The van der Waals surface area contributed by atoms with Crippen molar-refractivity contribution < 1.29 is 19.5 Å². The molecule has 0 radical (unpaired) electrons. The molecule has 4 N–H and O–H groups in total. The molecule has 0 bridgehead atoms. The molecule has 1 fully saturated rings. The number of anilines is 1. The minimum Gasteiger partial charge on any atom is -0.481 e. The number of amides is 2. The molecule has 6 nitrogen and oxygen atoms in total. The molecule has 0 aliphatic heterocycles. The molecule has 1 aromatic rings. The smallest absolute Gasteiger partial charge is 0.307 e. The molecule has 1 heterocycles. The molecule has 2 aliphatic carbocycles. The van der Waals surface area contributed by atoms with E-state index in [4.69, 9.17) is 5.73 Å². The normalized spacial score (nSPS) is 23.3. The van der Waals surface area contributed by atoms with Crippen LogP contribution in [0.4, 0.5) is 5.00 Å². The van der Waals surface area contributed by atoms with Crippen LogP contribution in [0.15, 0.2) is 0 Å². The van der Waals surface area contributed by atoms with Crippen LogP contribution in [0.1, 0.15) is 52.9 Å². The van der Waals surface area contributed by atoms with E-state index in [-0.39, 0.29) is 5.91 Å². The second kappa shape index (κ2) is 6.31. The van der Waals surface area contributed by atoms with Crippen LogP contribution in [-0.2, 0) is 22.4 Å². The Labute approximate surface area is 138 Å². The van der Waals surface area contributed by atoms with Gasteiger partial charge >= 0.3 is 5.97 Å². The van der Waals surface area contributed by atoms with Crippen LogP contribution in [-0.4, -0.2) is 22.9 Å². The maximum absolute atomic E-state index is 12.6. The zero-order chi connectivity index (χ0) is 16.6. The van der Waals surface area contributed by atoms with E-state index < -0.39 is 23.7 Å². The molecule has 1 aromatic heterocycles. The van der Waals surface area contributed by atoms with Crippen molar-refractivity contribution in [3.8, 4) is 0 Å². The van der Waals surface area contributed by atoms with Crippen molar-refractivity contribution in [3.05, 3.63) is 16.0 Å². The number of carbonyl (C=O) groups is 3. The van der Waals surface area contributed by atoms with Crippen molar-refractivity contribution in [1.82, 2.24) is 0 Å². The molecule has 0 spiro atoms. The van der Waals surface area contributed by atoms with Gasteiger partial charge in [-0.05, 0) is 37.7 Å². The number of carboxylic acid groups (broad SMARTS) is 1. The Morgan fingerprint density at radius 2 is 1.78 bits per heavy atom. The number of hydrogen-bond donors (Lipinski definition) is 3. The van der Waals surface area contributed by atoms with Crippen molar-refractivity contribution in [1.29, 1.82) is 0 Å². The first-order valence-corrected chi connectivity index (χ1v) is 8.78. The van der Waals surface area contributed by atoms with Crippen molar-refractivity contribution in [3.63, 3.8) is 0 Å². The van der Waals surface area contributed by atoms with Crippen molar-refractivity contribution in [2.75, 3.05) is 5.32 Å². The van der Waals surface area contributed by atoms with E-state index in [0.717, 1.165) is 42.5 Å². The van der Waals surface area contributed by atoms with Crippen molar-refractivity contribution >= 4 is 34.1 Å². The van der Waals surface area contributed by atoms with Crippen LogP contribution in [0, 0.1) is 11.8 Å². The van der Waals surface area contributed by atoms with E-state index >= 15 is 0 Å². The summed E-state index contributed by atoms with van der Waals surface area (Å²) in [5.41, 5.74) is 6.85. The lowest BCUT2D eigenvalue weighted by atomic mass is 9.79. The van der Waals surface area contributed by atoms with Gasteiger partial charge in [-0.1, -0.05) is 12.8 Å². The summed E-state index contributed by atoms with van der Waals surface area (Å²) >= 11 is 1.40. The Morgan fingerprint density at radius 1 is 1.09 bits per heavy atom. The third kappa shape index (κ3) is 2.97. The quantitative estimate of drug-likeness (QED) is 0.782. The van der Waals surface area contributed by atoms with E-state index in [1.807, 2.05) is 0 Å². The predicted molar refractivity (Wildman–Crippen MR) is 86.6 cm³/mol. The fraction of sp³-hybridized carbons (Fsp3) is 0.562. The Bertz CT molecular complexity index is 667. The van der Waals surface area contributed by atoms with Gasteiger partial charge in [0.1, 0.15) is 5.00 Å². The highest BCUT2D eigenvalue weighted by Gasteiger charge is 2.36. The second-order valence-corrected chi connectivity index (χ2v) is 7.36. The number of aliphatic carboxylic acids is 1. The average Bonchev–Trinajstić information content (AvgIpc) is 3.06. The Kier molecular flexibility index (Phi) is 4.39. The monoisotopic (exact) mass is 336 g/mol. The van der Waals surface area contributed by atoms with Crippen LogP contribution in [0.5, 0.6) is 0 Å². The maximum Gasteiger partial charge on any atom is 0.307 e. The number of thiophene rings is 1. The van der Waals surface area contributed by atoms with E-state index in [1.165, 1.54) is 11.3 Å². The minimum absolute atomic E-state index is 0.306. The number of primary amides is 1. The largest absolute Gasteiger partial charge is 0.481 e. The SMILES string of the molecule is NC(=O)c1c(NC(=O)C2CCCCC2C(=O)O)sc2c1CCC2. The number of nitrogens with two attached hydrogens (primary N) is 1. The first kappa shape index (κ1) is 16.0. The van der Waals surface area contributed by atoms with E-state index in [1.54, 1.807) is 0 Å². The number of aryl methyl sites for hydroxylation is 1. The molecule has 7 heteroatoms. The summed E-state index contributed by atoms with van der Waals surface area (Å²) in [4.78, 5) is 36.8. The van der Waals surface area contributed by atoms with E-state index in [9.17, 15) is 19.5 Å². The topological polar surface area (TPSA) is 109 Å². The summed E-state index contributed by atoms with van der Waals surface area (Å²) in [5.74, 6) is -2.95. The third-order valence-corrected chi connectivity index (χ3v) is 6.03. The highest BCUT2D eigenvalue weighted by molar-refractivity contribution is 7.17. The zero-order valence-electron chi connectivity index (χ0n) is 12.8. The molecular formula is C16H20N2O4S. The molecule has 2 aliphatic rings. The minimum atomic E-state index is -0.923. The Hall–Kier alpha value is -1.89. The lowest BCUT2D eigenvalue weighted by Crippen LogP contribution is -2.36. The summed E-state index contributed by atoms with van der Waals surface area (Å²) in [5, 5.41) is 12.6. The molecule has 124 valence electrons. The zero-order valence-corrected chi connectivity index (χ0v) is 13.6. The van der Waals surface area contributed by atoms with E-state index in [0.29, 0.717) is 23.4 Å². The molecule has 2 amide bonds. The first-order chi connectivity index (χ1) is 11.0. The molecule has 23 heavy (non-hydrogen) atoms. The average molecular weight is 336 g/mol. The van der Waals surface area contributed by atoms with Gasteiger partial charge in [-0.3, -0.25) is 14.4 Å². The number of hydrogen-bond acceptors (Lipinski definition) is 4. The number of rotatable bonds is 4. The predicted octanol–water partition coefficient (Wildman–Crippen LogP) is 2.17. The second-order valence-electron chi connectivity index (χ2n) is 6.25. The molecular weight excluding hydrogens is 316 g/mol. The first-order valence-electron chi connectivity index (χ1n) is 7.97. The summed E-state index contributed by atoms with van der Waals surface area (Å²) in [7, 11) is 0. The summed E-state index contributed by atoms with van der Waals surface area (Å²) in [6.07, 6.45) is 5.49. The van der Waals surface area contributed by atoms with Crippen LogP contribution in [0.25, 0.3) is 0 Å². The molecule has 3 rings (SSSR count). The fourth-order valence-corrected chi connectivity index (χ4v) is 5.00. The maximum atomic E-state index is 12.6. The fourth-order valence-electron chi connectivity index (χ4n) is 3.70. The van der Waals surface area contributed by atoms with Gasteiger partial charge in [0, 0.05) is 4.88 Å². The van der Waals surface area contributed by atoms with Gasteiger partial charge in [0.2, 0.25) is 5.91 Å². The molecule has 2 unspecified atom stereocenters. The highest BCUT2D eigenvalue weighted by atomic mass is 32.1. The number of carbonyl (C=O) groups excluding carboxylic acids is 2. The number of carboxylic acids is 1. The summed E-state index contributed by atoms with van der Waals surface area (Å²) < 4.78 is 0. The molecule has 1 saturated carbocycles. The van der Waals surface area contributed by atoms with Crippen LogP contribution >= 0.6 is 11.3 Å². The van der Waals surface area contributed by atoms with Crippen molar-refractivity contribution in [2.24, 2.45) is 17.6 Å². The lowest BCUT2D eigenvalue weighted by molar-refractivity contribution is -0.147. The van der Waals surface area contributed by atoms with Gasteiger partial charge in [0.25, 0.3) is 5.91 Å². The molecule has 0 aromatic carbocycles. The van der Waals surface area contributed by atoms with Gasteiger partial charge in [-0.15, -0.1) is 11.3 Å². The van der Waals surface area contributed by atoms with E-state index in [2.05, 4.69) is 5.32 Å². The lowest BCUT2D eigenvalue weighted by Gasteiger charge is -2.27. The number of nitrogens with one attached hydrogen (secondary N) is 1. The summed E-state index contributed by atoms with van der Waals surface area (Å²) in [6.45, 7) is 0. The van der Waals surface area contributed by atoms with Crippen LogP contribution in [0.3, 0.4) is 0 Å². The van der Waals surface area contributed by atoms with Gasteiger partial charge in [-0.2, -0.15) is 0 Å². The van der Waals surface area contributed by atoms with Gasteiger partial charge < -0.3 is 16.2 Å². The van der Waals surface area contributed by atoms with Crippen LogP contribution in [0.2, 0.25) is 0 Å². The van der Waals surface area contributed by atoms with Crippen LogP contribution < -0.4 is 11.1 Å². The number of fused-ring (bicyclic) bond motifs is 1. The summed E-state index contributed by atoms with van der Waals surface area (Å²) in [6, 6.07) is 0.